The van der Waals surface area contributed by atoms with Gasteiger partial charge in [-0.15, -0.1) is 0 Å². The predicted octanol–water partition coefficient (Wildman–Crippen LogP) is 4.14. The summed E-state index contributed by atoms with van der Waals surface area (Å²) < 4.78 is 45.6. The number of nitrogens with one attached hydrogen (secondary N) is 1. The summed E-state index contributed by atoms with van der Waals surface area (Å²) in [6.45, 7) is 6.42. The Morgan fingerprint density at radius 1 is 1.03 bits per heavy atom. The molecule has 1 heterocycles. The minimum Gasteiger partial charge on any atom is -0.493 e. The van der Waals surface area contributed by atoms with Crippen LogP contribution < -0.4 is 23.8 Å². The summed E-state index contributed by atoms with van der Waals surface area (Å²) in [6, 6.07) is 20.9. The molecule has 0 bridgehead atoms. The Hall–Kier alpha value is -3.72. The summed E-state index contributed by atoms with van der Waals surface area (Å²) in [7, 11) is -2.38. The third-order valence-electron chi connectivity index (χ3n) is 6.05. The lowest BCUT2D eigenvalue weighted by Gasteiger charge is -2.36. The molecule has 4 rings (SSSR count). The maximum Gasteiger partial charge on any atom is 0.264 e. The van der Waals surface area contributed by atoms with Crippen molar-refractivity contribution in [2.75, 3.05) is 31.1 Å². The Kier molecular flexibility index (Phi) is 7.63. The summed E-state index contributed by atoms with van der Waals surface area (Å²) in [5.74, 6) is 1.07. The highest BCUT2D eigenvalue weighted by molar-refractivity contribution is 7.92. The molecule has 0 aromatic heterocycles. The molecule has 8 nitrogen and oxygen atoms in total. The number of methoxy groups -OCH3 is 1. The van der Waals surface area contributed by atoms with Crippen molar-refractivity contribution in [3.05, 3.63) is 78.4 Å². The molecular formula is C28H32N2O6S. The lowest BCUT2D eigenvalue weighted by Crippen LogP contribution is -2.51. The average molecular weight is 525 g/mol. The molecule has 0 spiro atoms. The van der Waals surface area contributed by atoms with Crippen molar-refractivity contribution in [2.45, 2.75) is 37.2 Å². The normalized spacial score (nSPS) is 15.4. The van der Waals surface area contributed by atoms with Gasteiger partial charge in [0.15, 0.2) is 17.6 Å². The molecule has 1 amide bonds. The van der Waals surface area contributed by atoms with E-state index in [1.807, 2.05) is 24.3 Å². The van der Waals surface area contributed by atoms with E-state index >= 15 is 0 Å². The van der Waals surface area contributed by atoms with E-state index in [1.54, 1.807) is 55.6 Å². The predicted molar refractivity (Wildman–Crippen MR) is 142 cm³/mol. The second-order valence-corrected chi connectivity index (χ2v) is 11.5. The van der Waals surface area contributed by atoms with Crippen molar-refractivity contribution in [1.29, 1.82) is 0 Å². The minimum atomic E-state index is -3.94. The number of fused-ring (bicyclic) bond motifs is 1. The first kappa shape index (κ1) is 26.3. The third kappa shape index (κ3) is 5.83. The fourth-order valence-corrected chi connectivity index (χ4v) is 5.48. The van der Waals surface area contributed by atoms with Crippen LogP contribution in [0.1, 0.15) is 26.3 Å². The van der Waals surface area contributed by atoms with Crippen LogP contribution in [0.25, 0.3) is 0 Å². The molecule has 0 fully saturated rings. The monoisotopic (exact) mass is 524 g/mol. The van der Waals surface area contributed by atoms with Crippen LogP contribution in [0.2, 0.25) is 0 Å². The van der Waals surface area contributed by atoms with Gasteiger partial charge in [-0.25, -0.2) is 8.42 Å². The largest absolute Gasteiger partial charge is 0.493 e. The van der Waals surface area contributed by atoms with Gasteiger partial charge >= 0.3 is 0 Å². The Morgan fingerprint density at radius 3 is 2.38 bits per heavy atom. The van der Waals surface area contributed by atoms with Crippen molar-refractivity contribution in [2.24, 2.45) is 0 Å². The van der Waals surface area contributed by atoms with E-state index in [9.17, 15) is 13.2 Å². The van der Waals surface area contributed by atoms with Crippen molar-refractivity contribution >= 4 is 21.6 Å². The van der Waals surface area contributed by atoms with Crippen molar-refractivity contribution in [1.82, 2.24) is 5.32 Å². The number of sulfonamides is 1. The van der Waals surface area contributed by atoms with Crippen LogP contribution in [0.4, 0.5) is 5.69 Å². The van der Waals surface area contributed by atoms with E-state index in [0.717, 1.165) is 5.56 Å². The maximum atomic E-state index is 13.7. The van der Waals surface area contributed by atoms with E-state index in [-0.39, 0.29) is 30.0 Å². The number of para-hydroxylation sites is 2. The summed E-state index contributed by atoms with van der Waals surface area (Å²) in [5, 5.41) is 2.79. The molecule has 0 radical (unpaired) electrons. The topological polar surface area (TPSA) is 94.2 Å². The van der Waals surface area contributed by atoms with E-state index in [2.05, 4.69) is 26.1 Å². The minimum absolute atomic E-state index is 0.147. The number of hydrogen-bond acceptors (Lipinski definition) is 6. The van der Waals surface area contributed by atoms with Crippen molar-refractivity contribution in [3.8, 4) is 17.2 Å². The summed E-state index contributed by atoms with van der Waals surface area (Å²) in [5.41, 5.74) is 1.17. The highest BCUT2D eigenvalue weighted by Gasteiger charge is 2.38. The van der Waals surface area contributed by atoms with Crippen LogP contribution in [0.15, 0.2) is 77.7 Å². The fourth-order valence-electron chi connectivity index (χ4n) is 3.99. The Labute approximate surface area is 218 Å². The van der Waals surface area contributed by atoms with Crippen molar-refractivity contribution < 1.29 is 27.4 Å². The molecule has 0 aliphatic carbocycles. The number of carbonyl (C=O) groups excluding carboxylic acids is 1. The Bertz CT molecular complexity index is 1350. The molecule has 1 aliphatic heterocycles. The molecule has 0 unspecified atom stereocenters. The van der Waals surface area contributed by atoms with Crippen LogP contribution in [-0.2, 0) is 20.2 Å². The summed E-state index contributed by atoms with van der Waals surface area (Å²) >= 11 is 0. The number of nitrogens with zero attached hydrogens (tertiary/aromatic N) is 1. The van der Waals surface area contributed by atoms with Crippen LogP contribution in [0.3, 0.4) is 0 Å². The molecular weight excluding hydrogens is 492 g/mol. The van der Waals surface area contributed by atoms with Crippen LogP contribution in [0, 0.1) is 0 Å². The number of rotatable bonds is 8. The second kappa shape index (κ2) is 10.7. The third-order valence-corrected chi connectivity index (χ3v) is 7.84. The van der Waals surface area contributed by atoms with E-state index in [0.29, 0.717) is 22.9 Å². The molecule has 3 aromatic rings. The SMILES string of the molecule is COc1ccccc1OCCNC(=O)[C@H]1CN(S(=O)(=O)c2ccccc2)c2cc(C(C)(C)C)ccc2O1. The van der Waals surface area contributed by atoms with E-state index < -0.39 is 22.0 Å². The quantitative estimate of drug-likeness (QED) is 0.445. The summed E-state index contributed by atoms with van der Waals surface area (Å²) in [6.07, 6.45) is -1.03. The van der Waals surface area contributed by atoms with Gasteiger partial charge in [0.1, 0.15) is 12.4 Å². The van der Waals surface area contributed by atoms with Gasteiger partial charge in [0.2, 0.25) is 0 Å². The Morgan fingerprint density at radius 2 is 1.70 bits per heavy atom. The lowest BCUT2D eigenvalue weighted by atomic mass is 9.86. The standard InChI is InChI=1S/C28H32N2O6S/c1-28(2,3)20-14-15-23-22(18-20)30(37(32,33)21-10-6-5-7-11-21)19-26(36-23)27(31)29-16-17-35-25-13-9-8-12-24(25)34-4/h5-15,18,26H,16-17,19H2,1-4H3,(H,29,31)/t26-/m1/s1. The number of benzene rings is 3. The molecule has 1 N–H and O–H groups in total. The van der Waals surface area contributed by atoms with Crippen LogP contribution in [0.5, 0.6) is 17.2 Å². The van der Waals surface area contributed by atoms with Gasteiger partial charge in [-0.3, -0.25) is 9.10 Å². The zero-order valence-electron chi connectivity index (χ0n) is 21.4. The van der Waals surface area contributed by atoms with Crippen LogP contribution in [-0.4, -0.2) is 47.2 Å². The van der Waals surface area contributed by atoms with Gasteiger partial charge in [0, 0.05) is 0 Å². The fraction of sp³-hybridized carbons (Fsp3) is 0.321. The molecule has 1 aliphatic rings. The first-order valence-corrected chi connectivity index (χ1v) is 13.5. The molecule has 3 aromatic carbocycles. The average Bonchev–Trinajstić information content (AvgIpc) is 2.90. The smallest absolute Gasteiger partial charge is 0.264 e. The van der Waals surface area contributed by atoms with E-state index in [4.69, 9.17) is 14.2 Å². The first-order chi connectivity index (χ1) is 17.6. The number of amides is 1. The van der Waals surface area contributed by atoms with Gasteiger partial charge in [-0.2, -0.15) is 0 Å². The molecule has 0 saturated heterocycles. The lowest BCUT2D eigenvalue weighted by molar-refractivity contribution is -0.127. The highest BCUT2D eigenvalue weighted by atomic mass is 32.2. The number of carbonyl (C=O) groups is 1. The number of hydrogen-bond donors (Lipinski definition) is 1. The summed E-state index contributed by atoms with van der Waals surface area (Å²) in [4.78, 5) is 13.2. The van der Waals surface area contributed by atoms with Crippen molar-refractivity contribution in [3.63, 3.8) is 0 Å². The number of anilines is 1. The zero-order chi connectivity index (χ0) is 26.6. The molecule has 196 valence electrons. The van der Waals surface area contributed by atoms with E-state index in [1.165, 1.54) is 4.31 Å². The highest BCUT2D eigenvalue weighted by Crippen LogP contribution is 2.40. The molecule has 37 heavy (non-hydrogen) atoms. The second-order valence-electron chi connectivity index (χ2n) is 9.68. The Balaban J connectivity index is 1.54. The van der Waals surface area contributed by atoms with Gasteiger partial charge in [0.05, 0.1) is 30.8 Å². The maximum absolute atomic E-state index is 13.7. The zero-order valence-corrected chi connectivity index (χ0v) is 22.2. The van der Waals surface area contributed by atoms with Gasteiger partial charge in [0.25, 0.3) is 15.9 Å². The molecule has 0 saturated carbocycles. The van der Waals surface area contributed by atoms with Gasteiger partial charge in [-0.05, 0) is 47.4 Å². The van der Waals surface area contributed by atoms with Gasteiger partial charge in [-0.1, -0.05) is 57.2 Å². The molecule has 1 atom stereocenters. The van der Waals surface area contributed by atoms with Gasteiger partial charge < -0.3 is 19.5 Å². The molecule has 9 heteroatoms. The first-order valence-electron chi connectivity index (χ1n) is 12.0. The number of ether oxygens (including phenoxy) is 3. The van der Waals surface area contributed by atoms with Crippen LogP contribution >= 0.6 is 0 Å².